The second kappa shape index (κ2) is 25.7. The molecular weight excluding hydrogens is 1180 g/mol. The number of amides is 8. The van der Waals surface area contributed by atoms with Gasteiger partial charge in [-0.3, -0.25) is 97.1 Å². The Morgan fingerprint density at radius 2 is 0.565 bits per heavy atom. The molecule has 0 saturated carbocycles. The molecule has 0 spiro atoms. The van der Waals surface area contributed by atoms with Crippen molar-refractivity contribution in [1.82, 2.24) is 59.5 Å². The number of carbonyl (C=O) groups excluding carboxylic acids is 8. The number of aryl methyl sites for hydroxylation is 6. The molecule has 12 rings (SSSR count). The number of hydrogen-bond acceptors (Lipinski definition) is 18. The summed E-state index contributed by atoms with van der Waals surface area (Å²) in [5, 5.41) is 11.2. The fourth-order valence-corrected chi connectivity index (χ4v) is 12.9. The number of nitrogens with zero attached hydrogens (tertiary/aromatic N) is 8. The first-order chi connectivity index (χ1) is 43.5. The van der Waals surface area contributed by atoms with Crippen molar-refractivity contribution >= 4 is 90.9 Å². The number of aromatic nitrogens is 8. The van der Waals surface area contributed by atoms with Crippen LogP contribution in [0.4, 0.5) is 0 Å². The molecule has 4 fully saturated rings. The van der Waals surface area contributed by atoms with Crippen LogP contribution < -0.4 is 55.0 Å². The van der Waals surface area contributed by atoms with Crippen molar-refractivity contribution in [2.45, 2.75) is 169 Å². The van der Waals surface area contributed by atoms with E-state index in [-0.39, 0.29) is 97.5 Å². The minimum absolute atomic E-state index is 0.185. The van der Waals surface area contributed by atoms with Gasteiger partial charge in [0.2, 0.25) is 23.6 Å². The highest BCUT2D eigenvalue weighted by Crippen LogP contribution is 2.32. The van der Waals surface area contributed by atoms with E-state index in [2.05, 4.69) is 41.2 Å². The van der Waals surface area contributed by atoms with Gasteiger partial charge in [0.15, 0.2) is 0 Å². The zero-order chi connectivity index (χ0) is 67.1. The maximum Gasteiger partial charge on any atom is 0.262 e. The lowest BCUT2D eigenvalue weighted by atomic mass is 9.90. The second-order valence-electron chi connectivity index (χ2n) is 24.2. The summed E-state index contributed by atoms with van der Waals surface area (Å²) in [5.41, 5.74) is 11.5. The van der Waals surface area contributed by atoms with Crippen molar-refractivity contribution in [3.63, 3.8) is 0 Å². The standard InChI is InChI=1S/2C17H19N3O3.2C16H18N4O3/c2*1-4-11-6-5-7-12-14(11)15(22)20(10(2)18-12)17(3)9-8-13(21)19-16(17)23;2*1-9-18-11-5-3-4-10(8-17)13(11)14(22)20(9)16(2)7-6-12(21)19-15(16)23/h2*5-7H,4,8-9H2,1-3H3,(H,19,21,23);2*3-5H,6-8,17H2,1-2H3,(H,19,21,23)/t2*17-;2*16-/m1010/s1. The number of piperidine rings is 4. The van der Waals surface area contributed by atoms with Crippen LogP contribution in [0.15, 0.2) is 92.0 Å². The average Bonchev–Trinajstić information content (AvgIpc) is 0.771. The van der Waals surface area contributed by atoms with Crippen molar-refractivity contribution in [2.24, 2.45) is 11.5 Å². The number of hydrogen-bond donors (Lipinski definition) is 6. The van der Waals surface area contributed by atoms with Crippen LogP contribution in [0.5, 0.6) is 0 Å². The lowest BCUT2D eigenvalue weighted by Gasteiger charge is -2.34. The third-order valence-electron chi connectivity index (χ3n) is 18.1. The van der Waals surface area contributed by atoms with Gasteiger partial charge in [-0.25, -0.2) is 19.9 Å². The molecule has 92 heavy (non-hydrogen) atoms. The monoisotopic (exact) mass is 1250 g/mol. The number of carbonyl (C=O) groups is 8. The minimum Gasteiger partial charge on any atom is -0.326 e. The van der Waals surface area contributed by atoms with E-state index in [0.717, 1.165) is 11.1 Å². The topological polar surface area (TPSA) is 376 Å². The molecule has 4 aromatic carbocycles. The van der Waals surface area contributed by atoms with Crippen LogP contribution in [0.3, 0.4) is 0 Å². The van der Waals surface area contributed by atoms with Gasteiger partial charge in [-0.15, -0.1) is 0 Å². The zero-order valence-corrected chi connectivity index (χ0v) is 53.0. The van der Waals surface area contributed by atoms with Crippen LogP contribution >= 0.6 is 0 Å². The number of rotatable bonds is 8. The molecule has 0 radical (unpaired) electrons. The van der Waals surface area contributed by atoms with E-state index < -0.39 is 45.8 Å². The molecule has 26 heteroatoms. The van der Waals surface area contributed by atoms with Gasteiger partial charge in [0.1, 0.15) is 45.5 Å². The lowest BCUT2D eigenvalue weighted by molar-refractivity contribution is -0.141. The van der Waals surface area contributed by atoms with Crippen molar-refractivity contribution in [3.8, 4) is 0 Å². The Balaban J connectivity index is 0.000000145. The molecule has 0 aliphatic carbocycles. The molecule has 4 aliphatic heterocycles. The van der Waals surface area contributed by atoms with Gasteiger partial charge >= 0.3 is 0 Å². The van der Waals surface area contributed by atoms with E-state index in [1.54, 1.807) is 104 Å². The summed E-state index contributed by atoms with van der Waals surface area (Å²) in [6.07, 6.45) is 3.31. The van der Waals surface area contributed by atoms with E-state index in [1.165, 1.54) is 18.3 Å². The maximum absolute atomic E-state index is 13.1. The molecule has 4 saturated heterocycles. The molecule has 0 unspecified atom stereocenters. The van der Waals surface area contributed by atoms with Crippen LogP contribution in [0.25, 0.3) is 43.6 Å². The molecule has 8 amide bonds. The highest BCUT2D eigenvalue weighted by atomic mass is 16.2. The fraction of sp³-hybridized carbons (Fsp3) is 0.394. The summed E-state index contributed by atoms with van der Waals surface area (Å²) in [6, 6.07) is 21.8. The smallest absolute Gasteiger partial charge is 0.262 e. The van der Waals surface area contributed by atoms with Gasteiger partial charge < -0.3 is 11.5 Å². The highest BCUT2D eigenvalue weighted by Gasteiger charge is 2.46. The third-order valence-corrected chi connectivity index (χ3v) is 18.1. The zero-order valence-electron chi connectivity index (χ0n) is 53.0. The highest BCUT2D eigenvalue weighted by molar-refractivity contribution is 6.04. The molecule has 4 aromatic heterocycles. The Labute approximate surface area is 526 Å². The van der Waals surface area contributed by atoms with Crippen LogP contribution in [0.1, 0.15) is 138 Å². The van der Waals surface area contributed by atoms with Crippen molar-refractivity contribution < 1.29 is 38.4 Å². The predicted octanol–water partition coefficient (Wildman–Crippen LogP) is 3.47. The molecule has 26 nitrogen and oxygen atoms in total. The van der Waals surface area contributed by atoms with Crippen LogP contribution in [0.2, 0.25) is 0 Å². The first-order valence-electron chi connectivity index (χ1n) is 30.4. The number of nitrogens with two attached hydrogens (primary N) is 2. The minimum atomic E-state index is -1.14. The molecule has 480 valence electrons. The SMILES string of the molecule is CCc1cccc2nc(C)n([C@@]3(C)CCC(=O)NC3=O)c(=O)c12.CCc1cccc2nc(C)n([C@]3(C)CCC(=O)NC3=O)c(=O)c12.Cc1nc2cccc(CN)c2c(=O)n1[C@@]1(C)CCC(=O)NC1=O.Cc1nc2cccc(CN)c2c(=O)n1[C@]1(C)CCC(=O)NC1=O. The van der Waals surface area contributed by atoms with E-state index in [4.69, 9.17) is 11.5 Å². The normalized spacial score (nSPS) is 21.5. The van der Waals surface area contributed by atoms with Crippen LogP contribution in [-0.4, -0.2) is 85.5 Å². The first-order valence-corrected chi connectivity index (χ1v) is 30.4. The van der Waals surface area contributed by atoms with E-state index in [0.29, 0.717) is 104 Å². The summed E-state index contributed by atoms with van der Waals surface area (Å²) >= 11 is 0. The summed E-state index contributed by atoms with van der Waals surface area (Å²) in [5.74, 6) is -1.30. The lowest BCUT2D eigenvalue weighted by Crippen LogP contribution is -2.56. The summed E-state index contributed by atoms with van der Waals surface area (Å²) < 4.78 is 5.65. The Hall–Kier alpha value is -10.1. The summed E-state index contributed by atoms with van der Waals surface area (Å²) in [4.78, 5) is 166. The number of imide groups is 4. The summed E-state index contributed by atoms with van der Waals surface area (Å²) in [7, 11) is 0. The van der Waals surface area contributed by atoms with Crippen molar-refractivity contribution in [2.75, 3.05) is 0 Å². The molecule has 8 heterocycles. The van der Waals surface area contributed by atoms with Gasteiger partial charge in [0.05, 0.1) is 43.6 Å². The largest absolute Gasteiger partial charge is 0.326 e. The van der Waals surface area contributed by atoms with Gasteiger partial charge in [-0.1, -0.05) is 62.4 Å². The van der Waals surface area contributed by atoms with Gasteiger partial charge in [-0.2, -0.15) is 0 Å². The van der Waals surface area contributed by atoms with E-state index in [1.807, 2.05) is 38.1 Å². The number of benzene rings is 4. The Morgan fingerprint density at radius 1 is 0.359 bits per heavy atom. The quantitative estimate of drug-likeness (QED) is 0.119. The maximum atomic E-state index is 13.1. The van der Waals surface area contributed by atoms with Gasteiger partial charge in [-0.05, 0) is 140 Å². The van der Waals surface area contributed by atoms with E-state index in [9.17, 15) is 57.5 Å². The number of nitrogens with one attached hydrogen (secondary N) is 4. The van der Waals surface area contributed by atoms with Crippen molar-refractivity contribution in [3.05, 3.63) is 160 Å². The second-order valence-corrected chi connectivity index (χ2v) is 24.2. The summed E-state index contributed by atoms with van der Waals surface area (Å²) in [6.45, 7) is 17.9. The molecule has 8 aromatic rings. The van der Waals surface area contributed by atoms with E-state index >= 15 is 0 Å². The third kappa shape index (κ3) is 11.7. The molecule has 8 N–H and O–H groups in total. The first kappa shape index (κ1) is 66.3. The fourth-order valence-electron chi connectivity index (χ4n) is 12.9. The molecule has 0 bridgehead atoms. The van der Waals surface area contributed by atoms with Crippen LogP contribution in [-0.2, 0) is 86.4 Å². The molecular formula is C66H74N14O12. The Kier molecular flexibility index (Phi) is 18.5. The molecule has 4 aliphatic rings. The Morgan fingerprint density at radius 3 is 0.761 bits per heavy atom. The predicted molar refractivity (Wildman–Crippen MR) is 342 cm³/mol. The molecule has 4 atom stereocenters. The van der Waals surface area contributed by atoms with Gasteiger partial charge in [0.25, 0.3) is 45.9 Å². The number of fused-ring (bicyclic) bond motifs is 4. The van der Waals surface area contributed by atoms with Crippen molar-refractivity contribution in [1.29, 1.82) is 0 Å². The van der Waals surface area contributed by atoms with Crippen LogP contribution in [0, 0.1) is 27.7 Å². The average molecular weight is 1260 g/mol. The Bertz CT molecular complexity index is 4130. The van der Waals surface area contributed by atoms with Gasteiger partial charge in [0, 0.05) is 38.8 Å².